The lowest BCUT2D eigenvalue weighted by atomic mass is 10.3. The number of aliphatic hydroxyl groups is 1. The molecule has 20 heavy (non-hydrogen) atoms. The van der Waals surface area contributed by atoms with Gasteiger partial charge in [0, 0.05) is 19.3 Å². The number of rotatable bonds is 10. The minimum atomic E-state index is -0.555. The number of ether oxygens (including phenoxy) is 3. The van der Waals surface area contributed by atoms with Crippen molar-refractivity contribution in [2.75, 3.05) is 38.8 Å². The molecule has 0 bridgehead atoms. The molecule has 0 saturated carbocycles. The van der Waals surface area contributed by atoms with E-state index in [1.165, 1.54) is 0 Å². The van der Waals surface area contributed by atoms with E-state index in [4.69, 9.17) is 14.2 Å². The zero-order valence-electron chi connectivity index (χ0n) is 12.5. The van der Waals surface area contributed by atoms with E-state index in [0.29, 0.717) is 19.8 Å². The number of methoxy groups -OCH3 is 1. The largest absolute Gasteiger partial charge is 0.494 e. The number of hydrogen-bond donors (Lipinski definition) is 2. The van der Waals surface area contributed by atoms with E-state index in [1.54, 1.807) is 7.11 Å². The fraction of sp³-hybridized carbons (Fsp3) is 0.600. The van der Waals surface area contributed by atoms with Crippen molar-refractivity contribution >= 4 is 5.69 Å². The number of benzene rings is 1. The topological polar surface area (TPSA) is 60.0 Å². The van der Waals surface area contributed by atoms with E-state index in [2.05, 4.69) is 5.32 Å². The first-order valence-corrected chi connectivity index (χ1v) is 6.91. The maximum absolute atomic E-state index is 9.81. The molecule has 0 aromatic heterocycles. The summed E-state index contributed by atoms with van der Waals surface area (Å²) in [5, 5.41) is 13.0. The number of aliphatic hydroxyl groups excluding tert-OH is 1. The molecule has 0 saturated heterocycles. The van der Waals surface area contributed by atoms with Crippen molar-refractivity contribution in [2.24, 2.45) is 0 Å². The van der Waals surface area contributed by atoms with Crippen molar-refractivity contribution < 1.29 is 19.3 Å². The third kappa shape index (κ3) is 6.75. The maximum Gasteiger partial charge on any atom is 0.119 e. The molecule has 0 aliphatic heterocycles. The molecular weight excluding hydrogens is 258 g/mol. The SMILES string of the molecule is CCOc1ccc(NCC(O)COC(C)COC)cc1. The van der Waals surface area contributed by atoms with E-state index in [0.717, 1.165) is 11.4 Å². The van der Waals surface area contributed by atoms with E-state index < -0.39 is 6.10 Å². The van der Waals surface area contributed by atoms with Crippen LogP contribution in [0.15, 0.2) is 24.3 Å². The second-order valence-corrected chi connectivity index (χ2v) is 4.59. The Kier molecular flexibility index (Phi) is 8.02. The molecule has 1 aromatic carbocycles. The normalized spacial score (nSPS) is 13.8. The molecule has 5 nitrogen and oxygen atoms in total. The van der Waals surface area contributed by atoms with Gasteiger partial charge in [-0.1, -0.05) is 0 Å². The average molecular weight is 283 g/mol. The summed E-state index contributed by atoms with van der Waals surface area (Å²) < 4.78 is 15.8. The second-order valence-electron chi connectivity index (χ2n) is 4.59. The summed E-state index contributed by atoms with van der Waals surface area (Å²) >= 11 is 0. The number of anilines is 1. The molecule has 0 heterocycles. The molecule has 1 aromatic rings. The van der Waals surface area contributed by atoms with Crippen LogP contribution in [-0.4, -0.2) is 50.8 Å². The van der Waals surface area contributed by atoms with Gasteiger partial charge in [0.1, 0.15) is 5.75 Å². The Labute approximate surface area is 120 Å². The van der Waals surface area contributed by atoms with Gasteiger partial charge in [0.2, 0.25) is 0 Å². The van der Waals surface area contributed by atoms with Gasteiger partial charge >= 0.3 is 0 Å². The first kappa shape index (κ1) is 16.8. The highest BCUT2D eigenvalue weighted by molar-refractivity contribution is 5.46. The van der Waals surface area contributed by atoms with Crippen LogP contribution in [0.25, 0.3) is 0 Å². The Bertz CT molecular complexity index is 355. The van der Waals surface area contributed by atoms with Crippen molar-refractivity contribution in [3.63, 3.8) is 0 Å². The summed E-state index contributed by atoms with van der Waals surface area (Å²) in [6, 6.07) is 7.64. The molecule has 5 heteroatoms. The van der Waals surface area contributed by atoms with Crippen LogP contribution in [0.1, 0.15) is 13.8 Å². The Morgan fingerprint density at radius 3 is 2.50 bits per heavy atom. The molecule has 0 aliphatic carbocycles. The predicted molar refractivity (Wildman–Crippen MR) is 79.4 cm³/mol. The summed E-state index contributed by atoms with van der Waals surface area (Å²) in [5.41, 5.74) is 0.942. The van der Waals surface area contributed by atoms with Gasteiger partial charge in [-0.05, 0) is 38.1 Å². The highest BCUT2D eigenvalue weighted by Crippen LogP contribution is 2.15. The van der Waals surface area contributed by atoms with Crippen molar-refractivity contribution in [1.82, 2.24) is 0 Å². The molecule has 0 amide bonds. The fourth-order valence-corrected chi connectivity index (χ4v) is 1.69. The molecule has 2 atom stereocenters. The average Bonchev–Trinajstić information content (AvgIpc) is 2.45. The van der Waals surface area contributed by atoms with Gasteiger partial charge in [-0.15, -0.1) is 0 Å². The monoisotopic (exact) mass is 283 g/mol. The standard InChI is InChI=1S/C15H25NO4/c1-4-19-15-7-5-13(6-8-15)16-9-14(17)11-20-12(2)10-18-3/h5-8,12,14,16-17H,4,9-11H2,1-3H3. The molecule has 2 N–H and O–H groups in total. The van der Waals surface area contributed by atoms with E-state index >= 15 is 0 Å². The first-order chi connectivity index (χ1) is 9.65. The van der Waals surface area contributed by atoms with Crippen molar-refractivity contribution in [2.45, 2.75) is 26.1 Å². The van der Waals surface area contributed by atoms with Crippen LogP contribution in [-0.2, 0) is 9.47 Å². The molecule has 2 unspecified atom stereocenters. The Morgan fingerprint density at radius 2 is 1.90 bits per heavy atom. The summed E-state index contributed by atoms with van der Waals surface area (Å²) in [6.07, 6.45) is -0.569. The Hall–Kier alpha value is -1.30. The molecular formula is C15H25NO4. The zero-order chi connectivity index (χ0) is 14.8. The minimum Gasteiger partial charge on any atom is -0.494 e. The number of nitrogens with one attached hydrogen (secondary N) is 1. The van der Waals surface area contributed by atoms with Crippen LogP contribution in [0.2, 0.25) is 0 Å². The Morgan fingerprint density at radius 1 is 1.20 bits per heavy atom. The smallest absolute Gasteiger partial charge is 0.119 e. The van der Waals surface area contributed by atoms with E-state index in [9.17, 15) is 5.11 Å². The summed E-state index contributed by atoms with van der Waals surface area (Å²) in [7, 11) is 1.63. The lowest BCUT2D eigenvalue weighted by Gasteiger charge is -2.17. The fourth-order valence-electron chi connectivity index (χ4n) is 1.69. The summed E-state index contributed by atoms with van der Waals surface area (Å²) in [5.74, 6) is 0.843. The molecule has 0 spiro atoms. The molecule has 0 fully saturated rings. The van der Waals surface area contributed by atoms with Gasteiger partial charge in [-0.3, -0.25) is 0 Å². The van der Waals surface area contributed by atoms with Crippen LogP contribution >= 0.6 is 0 Å². The quantitative estimate of drug-likeness (QED) is 0.687. The Balaban J connectivity index is 2.24. The van der Waals surface area contributed by atoms with Gasteiger partial charge in [-0.2, -0.15) is 0 Å². The van der Waals surface area contributed by atoms with Crippen molar-refractivity contribution in [3.05, 3.63) is 24.3 Å². The third-order valence-electron chi connectivity index (χ3n) is 2.68. The molecule has 0 radical (unpaired) electrons. The van der Waals surface area contributed by atoms with Gasteiger partial charge < -0.3 is 24.6 Å². The highest BCUT2D eigenvalue weighted by atomic mass is 16.5. The second kappa shape index (κ2) is 9.58. The third-order valence-corrected chi connectivity index (χ3v) is 2.68. The van der Waals surface area contributed by atoms with Crippen LogP contribution in [0.5, 0.6) is 5.75 Å². The molecule has 1 rings (SSSR count). The van der Waals surface area contributed by atoms with E-state index in [-0.39, 0.29) is 12.7 Å². The minimum absolute atomic E-state index is 0.0138. The number of hydrogen-bond acceptors (Lipinski definition) is 5. The van der Waals surface area contributed by atoms with Crippen LogP contribution in [0, 0.1) is 0 Å². The molecule has 114 valence electrons. The van der Waals surface area contributed by atoms with Gasteiger partial charge in [0.25, 0.3) is 0 Å². The summed E-state index contributed by atoms with van der Waals surface area (Å²) in [4.78, 5) is 0. The van der Waals surface area contributed by atoms with Crippen molar-refractivity contribution in [1.29, 1.82) is 0 Å². The lowest BCUT2D eigenvalue weighted by Crippen LogP contribution is -2.28. The molecule has 0 aliphatic rings. The lowest BCUT2D eigenvalue weighted by molar-refractivity contribution is -0.0282. The van der Waals surface area contributed by atoms with Crippen LogP contribution in [0.4, 0.5) is 5.69 Å². The van der Waals surface area contributed by atoms with E-state index in [1.807, 2.05) is 38.1 Å². The predicted octanol–water partition coefficient (Wildman–Crippen LogP) is 1.91. The van der Waals surface area contributed by atoms with Gasteiger partial charge in [0.05, 0.1) is 32.0 Å². The van der Waals surface area contributed by atoms with Gasteiger partial charge in [0.15, 0.2) is 0 Å². The summed E-state index contributed by atoms with van der Waals surface area (Å²) in [6.45, 7) is 5.77. The van der Waals surface area contributed by atoms with Crippen LogP contribution < -0.4 is 10.1 Å². The van der Waals surface area contributed by atoms with Crippen molar-refractivity contribution in [3.8, 4) is 5.75 Å². The van der Waals surface area contributed by atoms with Gasteiger partial charge in [-0.25, -0.2) is 0 Å². The first-order valence-electron chi connectivity index (χ1n) is 6.91. The highest BCUT2D eigenvalue weighted by Gasteiger charge is 2.08. The maximum atomic E-state index is 9.81. The zero-order valence-corrected chi connectivity index (χ0v) is 12.5. The van der Waals surface area contributed by atoms with Crippen LogP contribution in [0.3, 0.4) is 0 Å².